The Bertz CT molecular complexity index is 181. The van der Waals surface area contributed by atoms with Crippen molar-refractivity contribution < 1.29 is 19.0 Å². The van der Waals surface area contributed by atoms with E-state index < -0.39 is 6.29 Å². The average Bonchev–Trinajstić information content (AvgIpc) is 2.71. The predicted octanol–water partition coefficient (Wildman–Crippen LogP) is 1.52. The van der Waals surface area contributed by atoms with E-state index in [1.165, 1.54) is 0 Å². The van der Waals surface area contributed by atoms with Crippen molar-refractivity contribution in [3.05, 3.63) is 0 Å². The van der Waals surface area contributed by atoms with Crippen molar-refractivity contribution >= 4 is 5.78 Å². The zero-order chi connectivity index (χ0) is 11.1. The van der Waals surface area contributed by atoms with Gasteiger partial charge in [0, 0.05) is 19.8 Å². The summed E-state index contributed by atoms with van der Waals surface area (Å²) in [5, 5.41) is 0. The summed E-state index contributed by atoms with van der Waals surface area (Å²) in [6.07, 6.45) is 1.48. The first kappa shape index (κ1) is 12.6. The van der Waals surface area contributed by atoms with Crippen LogP contribution in [0.3, 0.4) is 0 Å². The molecule has 1 aliphatic heterocycles. The highest BCUT2D eigenvalue weighted by Gasteiger charge is 2.26. The molecule has 0 saturated carbocycles. The maximum absolute atomic E-state index is 11.7. The van der Waals surface area contributed by atoms with E-state index in [9.17, 15) is 4.79 Å². The average molecular weight is 216 g/mol. The molecular weight excluding hydrogens is 196 g/mol. The van der Waals surface area contributed by atoms with Crippen molar-refractivity contribution in [2.45, 2.75) is 45.5 Å². The molecule has 88 valence electrons. The smallest absolute Gasteiger partial charge is 0.166 e. The molecule has 15 heavy (non-hydrogen) atoms. The SMILES string of the molecule is CCOC(CC(=O)C1CCCO1)OCC. The first-order valence-corrected chi connectivity index (χ1v) is 5.65. The lowest BCUT2D eigenvalue weighted by atomic mass is 10.1. The number of ether oxygens (including phenoxy) is 3. The van der Waals surface area contributed by atoms with Gasteiger partial charge in [-0.05, 0) is 26.7 Å². The molecule has 1 atom stereocenters. The van der Waals surface area contributed by atoms with Gasteiger partial charge in [-0.2, -0.15) is 0 Å². The Balaban J connectivity index is 2.31. The van der Waals surface area contributed by atoms with Crippen LogP contribution in [0.5, 0.6) is 0 Å². The maximum Gasteiger partial charge on any atom is 0.166 e. The molecule has 1 rings (SSSR count). The molecule has 0 aromatic carbocycles. The van der Waals surface area contributed by atoms with Crippen LogP contribution in [0.1, 0.15) is 33.1 Å². The molecule has 0 aliphatic carbocycles. The van der Waals surface area contributed by atoms with Crippen molar-refractivity contribution in [3.63, 3.8) is 0 Å². The Labute approximate surface area is 90.9 Å². The van der Waals surface area contributed by atoms with Gasteiger partial charge in [-0.15, -0.1) is 0 Å². The summed E-state index contributed by atoms with van der Waals surface area (Å²) < 4.78 is 15.9. The fraction of sp³-hybridized carbons (Fsp3) is 0.909. The van der Waals surface area contributed by atoms with Gasteiger partial charge in [0.1, 0.15) is 6.10 Å². The number of Topliss-reactive ketones (excluding diaryl/α,β-unsaturated/α-hetero) is 1. The van der Waals surface area contributed by atoms with E-state index in [4.69, 9.17) is 14.2 Å². The molecule has 0 aromatic heterocycles. The van der Waals surface area contributed by atoms with Gasteiger partial charge >= 0.3 is 0 Å². The van der Waals surface area contributed by atoms with E-state index in [2.05, 4.69) is 0 Å². The highest BCUT2D eigenvalue weighted by atomic mass is 16.7. The molecule has 1 fully saturated rings. The molecule has 1 saturated heterocycles. The summed E-state index contributed by atoms with van der Waals surface area (Å²) in [6, 6.07) is 0. The van der Waals surface area contributed by atoms with Crippen LogP contribution in [0.25, 0.3) is 0 Å². The van der Waals surface area contributed by atoms with Gasteiger partial charge < -0.3 is 14.2 Å². The molecule has 0 radical (unpaired) electrons. The Kier molecular flexibility index (Phi) is 5.83. The number of hydrogen-bond acceptors (Lipinski definition) is 4. The monoisotopic (exact) mass is 216 g/mol. The Morgan fingerprint density at radius 3 is 2.53 bits per heavy atom. The number of ketones is 1. The fourth-order valence-corrected chi connectivity index (χ4v) is 1.67. The molecule has 1 aliphatic rings. The second-order valence-corrected chi connectivity index (χ2v) is 3.51. The zero-order valence-corrected chi connectivity index (χ0v) is 9.53. The third-order valence-corrected chi connectivity index (χ3v) is 2.36. The van der Waals surface area contributed by atoms with Crippen LogP contribution in [0, 0.1) is 0 Å². The maximum atomic E-state index is 11.7. The number of hydrogen-bond donors (Lipinski definition) is 0. The minimum atomic E-state index is -0.406. The lowest BCUT2D eigenvalue weighted by molar-refractivity contribution is -0.157. The van der Waals surface area contributed by atoms with Gasteiger partial charge in [0.25, 0.3) is 0 Å². The normalized spacial score (nSPS) is 21.1. The molecular formula is C11H20O4. The lowest BCUT2D eigenvalue weighted by Crippen LogP contribution is -2.28. The topological polar surface area (TPSA) is 44.8 Å². The van der Waals surface area contributed by atoms with Crippen LogP contribution < -0.4 is 0 Å². The Hall–Kier alpha value is -0.450. The molecule has 0 spiro atoms. The summed E-state index contributed by atoms with van der Waals surface area (Å²) in [7, 11) is 0. The summed E-state index contributed by atoms with van der Waals surface area (Å²) >= 11 is 0. The van der Waals surface area contributed by atoms with E-state index in [1.54, 1.807) is 0 Å². The number of carbonyl (C=O) groups excluding carboxylic acids is 1. The van der Waals surface area contributed by atoms with Crippen LogP contribution in [0.2, 0.25) is 0 Å². The van der Waals surface area contributed by atoms with Gasteiger partial charge in [0.05, 0.1) is 6.42 Å². The van der Waals surface area contributed by atoms with Crippen LogP contribution >= 0.6 is 0 Å². The first-order chi connectivity index (χ1) is 7.27. The summed E-state index contributed by atoms with van der Waals surface area (Å²) in [4.78, 5) is 11.7. The number of carbonyl (C=O) groups is 1. The largest absolute Gasteiger partial charge is 0.370 e. The second-order valence-electron chi connectivity index (χ2n) is 3.51. The van der Waals surface area contributed by atoms with E-state index in [0.717, 1.165) is 12.8 Å². The van der Waals surface area contributed by atoms with Crippen molar-refractivity contribution in [1.82, 2.24) is 0 Å². The summed E-state index contributed by atoms with van der Waals surface area (Å²) in [6.45, 7) is 5.60. The van der Waals surface area contributed by atoms with Gasteiger partial charge in [0.2, 0.25) is 0 Å². The minimum Gasteiger partial charge on any atom is -0.370 e. The van der Waals surface area contributed by atoms with E-state index >= 15 is 0 Å². The van der Waals surface area contributed by atoms with Crippen LogP contribution in [0.4, 0.5) is 0 Å². The fourth-order valence-electron chi connectivity index (χ4n) is 1.67. The highest BCUT2D eigenvalue weighted by Crippen LogP contribution is 2.16. The zero-order valence-electron chi connectivity index (χ0n) is 9.53. The summed E-state index contributed by atoms with van der Waals surface area (Å²) in [5.74, 6) is 0.0967. The highest BCUT2D eigenvalue weighted by molar-refractivity contribution is 5.83. The van der Waals surface area contributed by atoms with Gasteiger partial charge in [-0.1, -0.05) is 0 Å². The Morgan fingerprint density at radius 1 is 1.40 bits per heavy atom. The molecule has 0 aromatic rings. The standard InChI is InChI=1S/C11H20O4/c1-3-13-11(14-4-2)8-9(12)10-6-5-7-15-10/h10-11H,3-8H2,1-2H3. The third kappa shape index (κ3) is 4.28. The summed E-state index contributed by atoms with van der Waals surface area (Å²) in [5.41, 5.74) is 0. The predicted molar refractivity (Wildman–Crippen MR) is 55.6 cm³/mol. The molecule has 0 bridgehead atoms. The van der Waals surface area contributed by atoms with Crippen molar-refractivity contribution in [2.24, 2.45) is 0 Å². The van der Waals surface area contributed by atoms with Gasteiger partial charge in [-0.3, -0.25) is 4.79 Å². The van der Waals surface area contributed by atoms with E-state index in [1.807, 2.05) is 13.8 Å². The Morgan fingerprint density at radius 2 is 2.07 bits per heavy atom. The molecule has 4 nitrogen and oxygen atoms in total. The second kappa shape index (κ2) is 6.93. The molecule has 1 heterocycles. The van der Waals surface area contributed by atoms with E-state index in [0.29, 0.717) is 26.2 Å². The third-order valence-electron chi connectivity index (χ3n) is 2.36. The van der Waals surface area contributed by atoms with Crippen molar-refractivity contribution in [3.8, 4) is 0 Å². The molecule has 4 heteroatoms. The molecule has 0 amide bonds. The first-order valence-electron chi connectivity index (χ1n) is 5.65. The molecule has 0 N–H and O–H groups in total. The number of rotatable bonds is 7. The van der Waals surface area contributed by atoms with Crippen molar-refractivity contribution in [2.75, 3.05) is 19.8 Å². The van der Waals surface area contributed by atoms with Crippen LogP contribution in [0.15, 0.2) is 0 Å². The van der Waals surface area contributed by atoms with E-state index in [-0.39, 0.29) is 11.9 Å². The van der Waals surface area contributed by atoms with Crippen LogP contribution in [-0.2, 0) is 19.0 Å². The van der Waals surface area contributed by atoms with Gasteiger partial charge in [0.15, 0.2) is 12.1 Å². The van der Waals surface area contributed by atoms with Crippen LogP contribution in [-0.4, -0.2) is 38.0 Å². The van der Waals surface area contributed by atoms with Gasteiger partial charge in [-0.25, -0.2) is 0 Å². The minimum absolute atomic E-state index is 0.0967. The lowest BCUT2D eigenvalue weighted by Gasteiger charge is -2.17. The van der Waals surface area contributed by atoms with Crippen molar-refractivity contribution in [1.29, 1.82) is 0 Å². The molecule has 1 unspecified atom stereocenters. The quantitative estimate of drug-likeness (QED) is 0.605.